The van der Waals surface area contributed by atoms with Crippen molar-refractivity contribution in [2.24, 2.45) is 0 Å². The molecular formula is C17H23ClN4O2. The predicted octanol–water partition coefficient (Wildman–Crippen LogP) is 1.85. The van der Waals surface area contributed by atoms with Gasteiger partial charge >= 0.3 is 0 Å². The number of nitrogens with zero attached hydrogens (tertiary/aromatic N) is 2. The first-order valence-electron chi connectivity index (χ1n) is 7.84. The lowest BCUT2D eigenvalue weighted by molar-refractivity contribution is -0.123. The molecular weight excluding hydrogens is 328 g/mol. The first-order valence-corrected chi connectivity index (χ1v) is 7.84. The van der Waals surface area contributed by atoms with Crippen LogP contribution in [0.1, 0.15) is 24.9 Å². The molecule has 3 rings (SSSR count). The van der Waals surface area contributed by atoms with E-state index >= 15 is 0 Å². The van der Waals surface area contributed by atoms with E-state index in [1.807, 2.05) is 48.1 Å². The minimum absolute atomic E-state index is 0. The van der Waals surface area contributed by atoms with Crippen LogP contribution in [0.5, 0.6) is 0 Å². The molecule has 1 aromatic heterocycles. The number of amides is 1. The highest BCUT2D eigenvalue weighted by Crippen LogP contribution is 2.21. The molecule has 0 aliphatic carbocycles. The van der Waals surface area contributed by atoms with Crippen LogP contribution in [0.2, 0.25) is 0 Å². The Kier molecular flexibility index (Phi) is 6.36. The Hall–Kier alpha value is -1.89. The van der Waals surface area contributed by atoms with E-state index in [1.54, 1.807) is 13.3 Å². The monoisotopic (exact) mass is 350 g/mol. The average Bonchev–Trinajstić information content (AvgIpc) is 3.26. The fourth-order valence-corrected chi connectivity index (χ4v) is 2.95. The molecule has 1 aromatic carbocycles. The Balaban J connectivity index is 0.00000208. The number of nitrogens with one attached hydrogen (secondary N) is 2. The normalized spacial score (nSPS) is 21.1. The summed E-state index contributed by atoms with van der Waals surface area (Å²) in [4.78, 5) is 12.4. The Labute approximate surface area is 148 Å². The predicted molar refractivity (Wildman–Crippen MR) is 94.6 cm³/mol. The summed E-state index contributed by atoms with van der Waals surface area (Å²) in [5.74, 6) is 0.00678. The minimum atomic E-state index is -0.195. The van der Waals surface area contributed by atoms with E-state index < -0.39 is 0 Å². The average molecular weight is 351 g/mol. The maximum atomic E-state index is 12.4. The van der Waals surface area contributed by atoms with Crippen molar-refractivity contribution < 1.29 is 9.53 Å². The number of hydrogen-bond donors (Lipinski definition) is 2. The van der Waals surface area contributed by atoms with Crippen molar-refractivity contribution in [3.05, 3.63) is 48.3 Å². The molecule has 0 radical (unpaired) electrons. The number of para-hydroxylation sites is 1. The summed E-state index contributed by atoms with van der Waals surface area (Å²) in [6, 6.07) is 9.54. The molecule has 7 heteroatoms. The van der Waals surface area contributed by atoms with Gasteiger partial charge in [0.25, 0.3) is 0 Å². The summed E-state index contributed by atoms with van der Waals surface area (Å²) >= 11 is 0. The van der Waals surface area contributed by atoms with Crippen LogP contribution < -0.4 is 10.6 Å². The third-order valence-corrected chi connectivity index (χ3v) is 4.25. The van der Waals surface area contributed by atoms with Gasteiger partial charge in [0.15, 0.2) is 0 Å². The summed E-state index contributed by atoms with van der Waals surface area (Å²) in [7, 11) is 1.68. The lowest BCUT2D eigenvalue weighted by atomic mass is 10.1. The van der Waals surface area contributed by atoms with Crippen molar-refractivity contribution in [1.29, 1.82) is 0 Å². The minimum Gasteiger partial charge on any atom is -0.380 e. The summed E-state index contributed by atoms with van der Waals surface area (Å²) < 4.78 is 7.11. The zero-order valence-corrected chi connectivity index (χ0v) is 14.6. The summed E-state index contributed by atoms with van der Waals surface area (Å²) in [6.45, 7) is 2.70. The smallest absolute Gasteiger partial charge is 0.237 e. The molecule has 2 heterocycles. The van der Waals surface area contributed by atoms with E-state index in [2.05, 4.69) is 15.7 Å². The molecule has 1 aliphatic heterocycles. The third-order valence-electron chi connectivity index (χ3n) is 4.25. The first kappa shape index (κ1) is 18.4. The number of ether oxygens (including phenoxy) is 1. The summed E-state index contributed by atoms with van der Waals surface area (Å²) in [6.07, 6.45) is 4.45. The largest absolute Gasteiger partial charge is 0.380 e. The van der Waals surface area contributed by atoms with Crippen LogP contribution in [0.3, 0.4) is 0 Å². The lowest BCUT2D eigenvalue weighted by Gasteiger charge is -2.20. The second kappa shape index (κ2) is 8.28. The van der Waals surface area contributed by atoms with Crippen molar-refractivity contribution in [2.45, 2.75) is 31.5 Å². The van der Waals surface area contributed by atoms with E-state index in [-0.39, 0.29) is 36.5 Å². The van der Waals surface area contributed by atoms with Crippen molar-refractivity contribution in [2.75, 3.05) is 13.7 Å². The van der Waals surface area contributed by atoms with Gasteiger partial charge in [-0.15, -0.1) is 12.4 Å². The molecule has 0 bridgehead atoms. The molecule has 0 saturated carbocycles. The number of carbonyl (C=O) groups excluding carboxylic acids is 1. The number of rotatable bonds is 5. The highest BCUT2D eigenvalue weighted by Gasteiger charge is 2.30. The van der Waals surface area contributed by atoms with Crippen molar-refractivity contribution in [1.82, 2.24) is 20.4 Å². The Morgan fingerprint density at radius 2 is 2.21 bits per heavy atom. The maximum absolute atomic E-state index is 12.4. The molecule has 1 fully saturated rings. The zero-order valence-electron chi connectivity index (χ0n) is 13.8. The second-order valence-electron chi connectivity index (χ2n) is 5.79. The molecule has 1 unspecified atom stereocenters. The van der Waals surface area contributed by atoms with Crippen LogP contribution in [0.25, 0.3) is 5.69 Å². The van der Waals surface area contributed by atoms with Crippen molar-refractivity contribution in [3.8, 4) is 5.69 Å². The molecule has 1 aliphatic rings. The van der Waals surface area contributed by atoms with E-state index in [0.29, 0.717) is 13.0 Å². The number of methoxy groups -OCH3 is 1. The number of halogens is 1. The molecule has 24 heavy (non-hydrogen) atoms. The molecule has 0 spiro atoms. The lowest BCUT2D eigenvalue weighted by Crippen LogP contribution is -2.41. The number of aromatic nitrogens is 2. The van der Waals surface area contributed by atoms with Crippen LogP contribution in [0.4, 0.5) is 0 Å². The molecule has 2 aromatic rings. The molecule has 3 atom stereocenters. The Morgan fingerprint density at radius 3 is 2.88 bits per heavy atom. The third kappa shape index (κ3) is 3.95. The molecule has 2 N–H and O–H groups in total. The van der Waals surface area contributed by atoms with Gasteiger partial charge in [0.1, 0.15) is 0 Å². The second-order valence-corrected chi connectivity index (χ2v) is 5.79. The summed E-state index contributed by atoms with van der Waals surface area (Å²) in [5, 5.41) is 10.6. The van der Waals surface area contributed by atoms with Gasteiger partial charge in [0, 0.05) is 26.0 Å². The van der Waals surface area contributed by atoms with Gasteiger partial charge < -0.3 is 15.4 Å². The van der Waals surface area contributed by atoms with Crippen molar-refractivity contribution in [3.63, 3.8) is 0 Å². The maximum Gasteiger partial charge on any atom is 0.237 e. The molecule has 6 nitrogen and oxygen atoms in total. The number of carbonyl (C=O) groups is 1. The molecule has 130 valence electrons. The molecule has 1 amide bonds. The number of benzene rings is 1. The Morgan fingerprint density at radius 1 is 1.42 bits per heavy atom. The van der Waals surface area contributed by atoms with Crippen LogP contribution in [0.15, 0.2) is 42.7 Å². The van der Waals surface area contributed by atoms with Gasteiger partial charge in [0.05, 0.1) is 23.9 Å². The Bertz CT molecular complexity index is 662. The van der Waals surface area contributed by atoms with Gasteiger partial charge in [-0.05, 0) is 31.0 Å². The van der Waals surface area contributed by atoms with Crippen LogP contribution in [-0.2, 0) is 9.53 Å². The molecule has 1 saturated heterocycles. The summed E-state index contributed by atoms with van der Waals surface area (Å²) in [5.41, 5.74) is 2.00. The fourth-order valence-electron chi connectivity index (χ4n) is 2.95. The first-order chi connectivity index (χ1) is 11.2. The van der Waals surface area contributed by atoms with Gasteiger partial charge in [-0.1, -0.05) is 18.2 Å². The zero-order chi connectivity index (χ0) is 16.2. The highest BCUT2D eigenvalue weighted by atomic mass is 35.5. The van der Waals surface area contributed by atoms with Crippen LogP contribution in [-0.4, -0.2) is 41.5 Å². The van der Waals surface area contributed by atoms with E-state index in [0.717, 1.165) is 11.3 Å². The topological polar surface area (TPSA) is 68.2 Å². The van der Waals surface area contributed by atoms with Gasteiger partial charge in [0.2, 0.25) is 5.91 Å². The van der Waals surface area contributed by atoms with Gasteiger partial charge in [-0.2, -0.15) is 5.10 Å². The van der Waals surface area contributed by atoms with E-state index in [1.165, 1.54) is 0 Å². The van der Waals surface area contributed by atoms with Crippen LogP contribution in [0, 0.1) is 0 Å². The van der Waals surface area contributed by atoms with Crippen LogP contribution >= 0.6 is 12.4 Å². The van der Waals surface area contributed by atoms with Gasteiger partial charge in [-0.3, -0.25) is 4.79 Å². The van der Waals surface area contributed by atoms with E-state index in [9.17, 15) is 4.79 Å². The SMILES string of the molecule is CO[C@@H]1CN[C@@H](C(=O)NC(C)c2ccccc2-n2cccn2)C1.Cl. The fraction of sp³-hybridized carbons (Fsp3) is 0.412. The standard InChI is InChI=1S/C17H22N4O2.ClH/c1-12(20-17(22)15-10-13(23-2)11-18-15)14-6-3-4-7-16(14)21-9-5-8-19-21;/h3-9,12-13,15,18H,10-11H2,1-2H3,(H,20,22);1H/t12?,13-,15+;/m0./s1. The van der Waals surface area contributed by atoms with Gasteiger partial charge in [-0.25, -0.2) is 4.68 Å². The van der Waals surface area contributed by atoms with E-state index in [4.69, 9.17) is 4.74 Å². The van der Waals surface area contributed by atoms with Crippen molar-refractivity contribution >= 4 is 18.3 Å². The quantitative estimate of drug-likeness (QED) is 0.863. The highest BCUT2D eigenvalue weighted by molar-refractivity contribution is 5.85. The number of hydrogen-bond acceptors (Lipinski definition) is 4.